The molecule has 0 bridgehead atoms. The predicted molar refractivity (Wildman–Crippen MR) is 105 cm³/mol. The number of nitrogens with one attached hydrogen (secondary N) is 2. The fourth-order valence-corrected chi connectivity index (χ4v) is 3.12. The minimum atomic E-state index is -0.434. The van der Waals surface area contributed by atoms with Crippen molar-refractivity contribution in [3.05, 3.63) is 58.1 Å². The van der Waals surface area contributed by atoms with Crippen LogP contribution in [0.25, 0.3) is 0 Å². The normalized spacial score (nSPS) is 14.0. The summed E-state index contributed by atoms with van der Waals surface area (Å²) in [6.07, 6.45) is 0. The third-order valence-electron chi connectivity index (χ3n) is 4.23. The number of ether oxygens (including phenoxy) is 1. The standard InChI is InChI=1S/C19H20BrN3O3/c1-26-19(25)14-4-7-17(23-10-8-21-9-11-23)16(12-14)22-18(24)13-2-5-15(20)6-3-13/h2-7,12,21H,8-11H2,1H3,(H,22,24). The molecule has 6 nitrogen and oxygen atoms in total. The van der Waals surface area contributed by atoms with Crippen molar-refractivity contribution in [3.63, 3.8) is 0 Å². The van der Waals surface area contributed by atoms with Gasteiger partial charge in [-0.15, -0.1) is 0 Å². The lowest BCUT2D eigenvalue weighted by atomic mass is 10.1. The smallest absolute Gasteiger partial charge is 0.337 e. The lowest BCUT2D eigenvalue weighted by Gasteiger charge is -2.31. The van der Waals surface area contributed by atoms with Crippen LogP contribution in [-0.2, 0) is 4.74 Å². The monoisotopic (exact) mass is 417 g/mol. The number of hydrogen-bond acceptors (Lipinski definition) is 5. The predicted octanol–water partition coefficient (Wildman–Crippen LogP) is 2.90. The first-order valence-corrected chi connectivity index (χ1v) is 9.13. The lowest BCUT2D eigenvalue weighted by Crippen LogP contribution is -2.43. The summed E-state index contributed by atoms with van der Waals surface area (Å²) in [7, 11) is 1.34. The summed E-state index contributed by atoms with van der Waals surface area (Å²) in [5.74, 6) is -0.660. The first-order valence-electron chi connectivity index (χ1n) is 8.33. The average molecular weight is 418 g/mol. The zero-order valence-electron chi connectivity index (χ0n) is 14.4. The van der Waals surface area contributed by atoms with Crippen molar-refractivity contribution in [3.8, 4) is 0 Å². The van der Waals surface area contributed by atoms with Crippen LogP contribution in [0.4, 0.5) is 11.4 Å². The summed E-state index contributed by atoms with van der Waals surface area (Å²) in [4.78, 5) is 26.7. The molecule has 26 heavy (non-hydrogen) atoms. The van der Waals surface area contributed by atoms with Gasteiger partial charge in [-0.05, 0) is 42.5 Å². The van der Waals surface area contributed by atoms with E-state index in [4.69, 9.17) is 4.74 Å². The van der Waals surface area contributed by atoms with Crippen molar-refractivity contribution >= 4 is 39.2 Å². The number of esters is 1. The highest BCUT2D eigenvalue weighted by atomic mass is 79.9. The van der Waals surface area contributed by atoms with E-state index in [1.165, 1.54) is 7.11 Å². The van der Waals surface area contributed by atoms with Gasteiger partial charge in [0.15, 0.2) is 0 Å². The molecule has 7 heteroatoms. The van der Waals surface area contributed by atoms with Gasteiger partial charge in [0.1, 0.15) is 0 Å². The molecule has 1 heterocycles. The number of carbonyl (C=O) groups excluding carboxylic acids is 2. The topological polar surface area (TPSA) is 70.7 Å². The van der Waals surface area contributed by atoms with Crippen molar-refractivity contribution in [1.82, 2.24) is 5.32 Å². The molecule has 1 aliphatic heterocycles. The molecular formula is C19H20BrN3O3. The second-order valence-corrected chi connectivity index (χ2v) is 6.84. The fraction of sp³-hybridized carbons (Fsp3) is 0.263. The quantitative estimate of drug-likeness (QED) is 0.748. The van der Waals surface area contributed by atoms with E-state index in [1.807, 2.05) is 18.2 Å². The second-order valence-electron chi connectivity index (χ2n) is 5.92. The Morgan fingerprint density at radius 2 is 1.73 bits per heavy atom. The number of methoxy groups -OCH3 is 1. The van der Waals surface area contributed by atoms with Crippen LogP contribution in [0.3, 0.4) is 0 Å². The Hall–Kier alpha value is -2.38. The van der Waals surface area contributed by atoms with Gasteiger partial charge < -0.3 is 20.3 Å². The van der Waals surface area contributed by atoms with E-state index in [1.54, 1.807) is 24.3 Å². The summed E-state index contributed by atoms with van der Waals surface area (Å²) >= 11 is 3.36. The van der Waals surface area contributed by atoms with Crippen LogP contribution in [0.2, 0.25) is 0 Å². The zero-order valence-corrected chi connectivity index (χ0v) is 16.0. The van der Waals surface area contributed by atoms with Crippen LogP contribution in [0.5, 0.6) is 0 Å². The summed E-state index contributed by atoms with van der Waals surface area (Å²) in [6.45, 7) is 3.41. The maximum atomic E-state index is 12.6. The van der Waals surface area contributed by atoms with Crippen LogP contribution in [0, 0.1) is 0 Å². The number of amides is 1. The van der Waals surface area contributed by atoms with Gasteiger partial charge in [0.2, 0.25) is 0 Å². The molecule has 0 atom stereocenters. The number of piperazine rings is 1. The lowest BCUT2D eigenvalue weighted by molar-refractivity contribution is 0.0600. The Labute approximate surface area is 160 Å². The van der Waals surface area contributed by atoms with Gasteiger partial charge in [-0.3, -0.25) is 4.79 Å². The average Bonchev–Trinajstić information content (AvgIpc) is 2.68. The van der Waals surface area contributed by atoms with E-state index in [9.17, 15) is 9.59 Å². The van der Waals surface area contributed by atoms with E-state index in [-0.39, 0.29) is 5.91 Å². The maximum Gasteiger partial charge on any atom is 0.337 e. The van der Waals surface area contributed by atoms with E-state index in [0.717, 1.165) is 36.3 Å². The Morgan fingerprint density at radius 3 is 2.38 bits per heavy atom. The zero-order chi connectivity index (χ0) is 18.5. The van der Waals surface area contributed by atoms with Crippen molar-refractivity contribution in [2.24, 2.45) is 0 Å². The molecule has 1 aliphatic rings. The minimum absolute atomic E-state index is 0.226. The van der Waals surface area contributed by atoms with Crippen molar-refractivity contribution in [1.29, 1.82) is 0 Å². The van der Waals surface area contributed by atoms with E-state index < -0.39 is 5.97 Å². The van der Waals surface area contributed by atoms with Gasteiger partial charge in [0, 0.05) is 36.2 Å². The molecule has 1 fully saturated rings. The van der Waals surface area contributed by atoms with Crippen LogP contribution >= 0.6 is 15.9 Å². The number of nitrogens with zero attached hydrogens (tertiary/aromatic N) is 1. The van der Waals surface area contributed by atoms with Crippen molar-refractivity contribution < 1.29 is 14.3 Å². The summed E-state index contributed by atoms with van der Waals surface area (Å²) in [5.41, 5.74) is 2.44. The summed E-state index contributed by atoms with van der Waals surface area (Å²) in [6, 6.07) is 12.4. The molecule has 0 saturated carbocycles. The Morgan fingerprint density at radius 1 is 1.08 bits per heavy atom. The SMILES string of the molecule is COC(=O)c1ccc(N2CCNCC2)c(NC(=O)c2ccc(Br)cc2)c1. The first kappa shape index (κ1) is 18.4. The van der Waals surface area contributed by atoms with E-state index >= 15 is 0 Å². The minimum Gasteiger partial charge on any atom is -0.465 e. The highest BCUT2D eigenvalue weighted by molar-refractivity contribution is 9.10. The van der Waals surface area contributed by atoms with Crippen LogP contribution in [-0.4, -0.2) is 45.2 Å². The van der Waals surface area contributed by atoms with Gasteiger partial charge in [0.05, 0.1) is 24.0 Å². The van der Waals surface area contributed by atoms with Crippen molar-refractivity contribution in [2.45, 2.75) is 0 Å². The summed E-state index contributed by atoms with van der Waals surface area (Å²) < 4.78 is 5.70. The van der Waals surface area contributed by atoms with Crippen LogP contribution in [0.15, 0.2) is 46.9 Å². The molecule has 1 amide bonds. The number of carbonyl (C=O) groups is 2. The Bertz CT molecular complexity index is 802. The third-order valence-corrected chi connectivity index (χ3v) is 4.76. The molecular weight excluding hydrogens is 398 g/mol. The molecule has 3 rings (SSSR count). The molecule has 2 aromatic rings. The highest BCUT2D eigenvalue weighted by Gasteiger charge is 2.18. The van der Waals surface area contributed by atoms with Crippen LogP contribution in [0.1, 0.15) is 20.7 Å². The van der Waals surface area contributed by atoms with Crippen molar-refractivity contribution in [2.75, 3.05) is 43.5 Å². The number of rotatable bonds is 4. The van der Waals surface area contributed by atoms with Gasteiger partial charge >= 0.3 is 5.97 Å². The van der Waals surface area contributed by atoms with E-state index in [2.05, 4.69) is 31.5 Å². The summed E-state index contributed by atoms with van der Waals surface area (Å²) in [5, 5.41) is 6.25. The van der Waals surface area contributed by atoms with E-state index in [0.29, 0.717) is 16.8 Å². The molecule has 1 saturated heterocycles. The van der Waals surface area contributed by atoms with Gasteiger partial charge in [-0.25, -0.2) is 4.79 Å². The molecule has 0 radical (unpaired) electrons. The van der Waals surface area contributed by atoms with Crippen LogP contribution < -0.4 is 15.5 Å². The third kappa shape index (κ3) is 4.23. The molecule has 0 aliphatic carbocycles. The number of halogens is 1. The number of benzene rings is 2. The van der Waals surface area contributed by atoms with Gasteiger partial charge in [0.25, 0.3) is 5.91 Å². The molecule has 2 aromatic carbocycles. The molecule has 2 N–H and O–H groups in total. The largest absolute Gasteiger partial charge is 0.465 e. The maximum absolute atomic E-state index is 12.6. The molecule has 0 aromatic heterocycles. The number of hydrogen-bond donors (Lipinski definition) is 2. The molecule has 136 valence electrons. The fourth-order valence-electron chi connectivity index (χ4n) is 2.86. The Kier molecular flexibility index (Phi) is 5.90. The second kappa shape index (κ2) is 8.33. The highest BCUT2D eigenvalue weighted by Crippen LogP contribution is 2.28. The van der Waals surface area contributed by atoms with Gasteiger partial charge in [-0.2, -0.15) is 0 Å². The molecule has 0 spiro atoms. The Balaban J connectivity index is 1.91. The number of anilines is 2. The first-order chi connectivity index (χ1) is 12.6. The molecule has 0 unspecified atom stereocenters. The van der Waals surface area contributed by atoms with Gasteiger partial charge in [-0.1, -0.05) is 15.9 Å².